The second-order valence-corrected chi connectivity index (χ2v) is 5.85. The molecule has 1 saturated heterocycles. The second kappa shape index (κ2) is 5.74. The molecule has 1 fully saturated rings. The highest BCUT2D eigenvalue weighted by atomic mass is 16.1. The number of aromatic nitrogens is 2. The van der Waals surface area contributed by atoms with Gasteiger partial charge < -0.3 is 14.8 Å². The number of piperidine rings is 1. The molecule has 1 atom stereocenters. The second-order valence-electron chi connectivity index (χ2n) is 5.85. The minimum absolute atomic E-state index is 0.0549. The lowest BCUT2D eigenvalue weighted by Gasteiger charge is -2.36. The van der Waals surface area contributed by atoms with Crippen LogP contribution in [-0.4, -0.2) is 48.1 Å². The Balaban J connectivity index is 2.23. The van der Waals surface area contributed by atoms with E-state index in [0.29, 0.717) is 6.04 Å². The first kappa shape index (κ1) is 14.1. The summed E-state index contributed by atoms with van der Waals surface area (Å²) in [5, 5.41) is 0. The van der Waals surface area contributed by atoms with Gasteiger partial charge in [0.05, 0.1) is 0 Å². The number of hydrogen-bond donors (Lipinski definition) is 1. The third-order valence-electron chi connectivity index (χ3n) is 3.74. The highest BCUT2D eigenvalue weighted by molar-refractivity contribution is 5.38. The van der Waals surface area contributed by atoms with Crippen molar-refractivity contribution in [1.29, 1.82) is 0 Å². The molecule has 0 saturated carbocycles. The van der Waals surface area contributed by atoms with Crippen LogP contribution in [0, 0.1) is 0 Å². The molecule has 5 heteroatoms. The van der Waals surface area contributed by atoms with Crippen molar-refractivity contribution in [3.05, 3.63) is 22.2 Å². The van der Waals surface area contributed by atoms with Gasteiger partial charge in [0.25, 0.3) is 5.56 Å². The van der Waals surface area contributed by atoms with Gasteiger partial charge in [-0.2, -0.15) is 0 Å². The normalized spacial score (nSPS) is 20.3. The zero-order valence-corrected chi connectivity index (χ0v) is 12.3. The van der Waals surface area contributed by atoms with Crippen LogP contribution in [0.25, 0.3) is 0 Å². The number of H-pyrrole nitrogens is 1. The summed E-state index contributed by atoms with van der Waals surface area (Å²) in [7, 11) is 4.22. The lowest BCUT2D eigenvalue weighted by molar-refractivity contribution is 0.257. The molecular formula is C14H24N4O. The van der Waals surface area contributed by atoms with Gasteiger partial charge in [-0.15, -0.1) is 0 Å². The van der Waals surface area contributed by atoms with E-state index in [4.69, 9.17) is 0 Å². The molecule has 1 aliphatic rings. The fraction of sp³-hybridized carbons (Fsp3) is 0.714. The molecule has 1 aromatic rings. The molecule has 0 aliphatic carbocycles. The molecule has 106 valence electrons. The van der Waals surface area contributed by atoms with Crippen molar-refractivity contribution in [2.24, 2.45) is 0 Å². The Labute approximate surface area is 114 Å². The Morgan fingerprint density at radius 1 is 1.47 bits per heavy atom. The lowest BCUT2D eigenvalue weighted by atomic mass is 10.1. The SMILES string of the molecule is CC(C)c1nc(N2CCCC(N(C)C)C2)cc(=O)[nH]1. The smallest absolute Gasteiger partial charge is 0.252 e. The third kappa shape index (κ3) is 3.35. The zero-order chi connectivity index (χ0) is 14.0. The van der Waals surface area contributed by atoms with Gasteiger partial charge in [-0.25, -0.2) is 4.98 Å². The molecule has 2 heterocycles. The van der Waals surface area contributed by atoms with Gasteiger partial charge in [0, 0.05) is 31.1 Å². The van der Waals surface area contributed by atoms with Crippen molar-refractivity contribution in [1.82, 2.24) is 14.9 Å². The van der Waals surface area contributed by atoms with Crippen LogP contribution in [0.15, 0.2) is 10.9 Å². The van der Waals surface area contributed by atoms with Crippen molar-refractivity contribution in [3.8, 4) is 0 Å². The Kier molecular flexibility index (Phi) is 4.24. The summed E-state index contributed by atoms with van der Waals surface area (Å²) in [6.45, 7) is 6.01. The van der Waals surface area contributed by atoms with E-state index in [0.717, 1.165) is 31.2 Å². The minimum atomic E-state index is -0.0549. The van der Waals surface area contributed by atoms with Crippen molar-refractivity contribution < 1.29 is 0 Å². The quantitative estimate of drug-likeness (QED) is 0.897. The summed E-state index contributed by atoms with van der Waals surface area (Å²) in [5.41, 5.74) is -0.0549. The van der Waals surface area contributed by atoms with E-state index < -0.39 is 0 Å². The van der Waals surface area contributed by atoms with E-state index in [2.05, 4.69) is 33.9 Å². The summed E-state index contributed by atoms with van der Waals surface area (Å²) in [6, 6.07) is 2.15. The Hall–Kier alpha value is -1.36. The fourth-order valence-corrected chi connectivity index (χ4v) is 2.48. The van der Waals surface area contributed by atoms with Gasteiger partial charge in [-0.1, -0.05) is 13.8 Å². The first-order chi connectivity index (χ1) is 8.97. The predicted octanol–water partition coefficient (Wildman–Crippen LogP) is 1.42. The van der Waals surface area contributed by atoms with Crippen LogP contribution in [0.3, 0.4) is 0 Å². The maximum absolute atomic E-state index is 11.7. The summed E-state index contributed by atoms with van der Waals surface area (Å²) in [4.78, 5) is 23.6. The molecule has 1 unspecified atom stereocenters. The molecular weight excluding hydrogens is 240 g/mol. The Morgan fingerprint density at radius 2 is 2.21 bits per heavy atom. The van der Waals surface area contributed by atoms with Gasteiger partial charge in [0.15, 0.2) is 0 Å². The lowest BCUT2D eigenvalue weighted by Crippen LogP contribution is -2.45. The van der Waals surface area contributed by atoms with Crippen molar-refractivity contribution in [2.75, 3.05) is 32.1 Å². The van der Waals surface area contributed by atoms with Crippen molar-refractivity contribution >= 4 is 5.82 Å². The van der Waals surface area contributed by atoms with Crippen LogP contribution in [0.4, 0.5) is 5.82 Å². The zero-order valence-electron chi connectivity index (χ0n) is 12.3. The van der Waals surface area contributed by atoms with E-state index in [1.807, 2.05) is 13.8 Å². The van der Waals surface area contributed by atoms with Crippen LogP contribution >= 0.6 is 0 Å². The number of likely N-dealkylation sites (N-methyl/N-ethyl adjacent to an activating group) is 1. The van der Waals surface area contributed by atoms with E-state index >= 15 is 0 Å². The number of nitrogens with one attached hydrogen (secondary N) is 1. The fourth-order valence-electron chi connectivity index (χ4n) is 2.48. The van der Waals surface area contributed by atoms with Crippen molar-refractivity contribution in [3.63, 3.8) is 0 Å². The number of hydrogen-bond acceptors (Lipinski definition) is 4. The molecule has 0 spiro atoms. The van der Waals surface area contributed by atoms with E-state index in [1.54, 1.807) is 6.07 Å². The van der Waals surface area contributed by atoms with Crippen molar-refractivity contribution in [2.45, 2.75) is 38.6 Å². The van der Waals surface area contributed by atoms with Gasteiger partial charge in [0.2, 0.25) is 0 Å². The van der Waals surface area contributed by atoms with Gasteiger partial charge in [-0.05, 0) is 26.9 Å². The van der Waals surface area contributed by atoms with Gasteiger partial charge in [0.1, 0.15) is 11.6 Å². The van der Waals surface area contributed by atoms with Crippen LogP contribution in [0.5, 0.6) is 0 Å². The van der Waals surface area contributed by atoms with Crippen LogP contribution in [-0.2, 0) is 0 Å². The average Bonchev–Trinajstić information content (AvgIpc) is 2.38. The van der Waals surface area contributed by atoms with Crippen LogP contribution in [0.2, 0.25) is 0 Å². The molecule has 5 nitrogen and oxygen atoms in total. The molecule has 1 aliphatic heterocycles. The Bertz CT molecular complexity index is 481. The number of aromatic amines is 1. The average molecular weight is 264 g/mol. The van der Waals surface area contributed by atoms with E-state index in [9.17, 15) is 4.79 Å². The third-order valence-corrected chi connectivity index (χ3v) is 3.74. The number of rotatable bonds is 3. The Morgan fingerprint density at radius 3 is 2.84 bits per heavy atom. The first-order valence-corrected chi connectivity index (χ1v) is 7.00. The highest BCUT2D eigenvalue weighted by Gasteiger charge is 2.23. The topological polar surface area (TPSA) is 52.2 Å². The molecule has 2 rings (SSSR count). The minimum Gasteiger partial charge on any atom is -0.355 e. The van der Waals surface area contributed by atoms with Gasteiger partial charge in [-0.3, -0.25) is 4.79 Å². The molecule has 0 radical (unpaired) electrons. The van der Waals surface area contributed by atoms with E-state index in [1.165, 1.54) is 6.42 Å². The molecule has 1 aromatic heterocycles. The number of anilines is 1. The predicted molar refractivity (Wildman–Crippen MR) is 77.9 cm³/mol. The number of nitrogens with zero attached hydrogens (tertiary/aromatic N) is 3. The van der Waals surface area contributed by atoms with Gasteiger partial charge >= 0.3 is 0 Å². The highest BCUT2D eigenvalue weighted by Crippen LogP contribution is 2.20. The summed E-state index contributed by atoms with van der Waals surface area (Å²) < 4.78 is 0. The maximum atomic E-state index is 11.7. The summed E-state index contributed by atoms with van der Waals surface area (Å²) in [6.07, 6.45) is 2.36. The van der Waals surface area contributed by atoms with Crippen LogP contribution in [0.1, 0.15) is 38.4 Å². The molecule has 1 N–H and O–H groups in total. The molecule has 0 aromatic carbocycles. The monoisotopic (exact) mass is 264 g/mol. The molecule has 19 heavy (non-hydrogen) atoms. The summed E-state index contributed by atoms with van der Waals surface area (Å²) >= 11 is 0. The maximum Gasteiger partial charge on any atom is 0.252 e. The standard InChI is InChI=1S/C14H24N4O/c1-10(2)14-15-12(8-13(19)16-14)18-7-5-6-11(9-18)17(3)4/h8,10-11H,5-7,9H2,1-4H3,(H,15,16,19). The van der Waals surface area contributed by atoms with E-state index in [-0.39, 0.29) is 11.5 Å². The van der Waals surface area contributed by atoms with Crippen LogP contribution < -0.4 is 10.5 Å². The molecule has 0 bridgehead atoms. The molecule has 0 amide bonds. The first-order valence-electron chi connectivity index (χ1n) is 7.00. The largest absolute Gasteiger partial charge is 0.355 e. The summed E-state index contributed by atoms with van der Waals surface area (Å²) in [5.74, 6) is 1.83.